The van der Waals surface area contributed by atoms with Gasteiger partial charge in [-0.15, -0.1) is 0 Å². The molecule has 1 aliphatic heterocycles. The van der Waals surface area contributed by atoms with Gasteiger partial charge in [0.15, 0.2) is 0 Å². The molecule has 0 radical (unpaired) electrons. The second kappa shape index (κ2) is 3.45. The van der Waals surface area contributed by atoms with Crippen LogP contribution in [0.3, 0.4) is 0 Å². The van der Waals surface area contributed by atoms with Crippen LogP contribution < -0.4 is 11.0 Å². The summed E-state index contributed by atoms with van der Waals surface area (Å²) in [4.78, 5) is 18.3. The summed E-state index contributed by atoms with van der Waals surface area (Å²) in [5.41, 5.74) is 1.82. The first-order valence-electron chi connectivity index (χ1n) is 5.67. The summed E-state index contributed by atoms with van der Waals surface area (Å²) >= 11 is 0. The molecule has 1 aliphatic carbocycles. The minimum absolute atomic E-state index is 0.192. The van der Waals surface area contributed by atoms with Gasteiger partial charge in [-0.3, -0.25) is 0 Å². The first-order valence-corrected chi connectivity index (χ1v) is 5.67. The Morgan fingerprint density at radius 2 is 2.20 bits per heavy atom. The van der Waals surface area contributed by atoms with Crippen molar-refractivity contribution in [1.82, 2.24) is 15.3 Å². The van der Waals surface area contributed by atoms with Crippen LogP contribution in [0.5, 0.6) is 0 Å². The fourth-order valence-electron chi connectivity index (χ4n) is 2.22. The molecule has 0 spiro atoms. The van der Waals surface area contributed by atoms with E-state index < -0.39 is 0 Å². The number of hydrogen-bond donors (Lipinski definition) is 2. The second-order valence-electron chi connectivity index (χ2n) is 4.49. The molecule has 1 atom stereocenters. The summed E-state index contributed by atoms with van der Waals surface area (Å²) in [5.74, 6) is 0.549. The van der Waals surface area contributed by atoms with Gasteiger partial charge in [0.1, 0.15) is 0 Å². The monoisotopic (exact) mass is 205 g/mol. The summed E-state index contributed by atoms with van der Waals surface area (Å²) in [7, 11) is 0. The predicted molar refractivity (Wildman–Crippen MR) is 56.8 cm³/mol. The Labute approximate surface area is 88.1 Å². The van der Waals surface area contributed by atoms with Crippen molar-refractivity contribution in [3.05, 3.63) is 27.9 Å². The summed E-state index contributed by atoms with van der Waals surface area (Å²) < 4.78 is 0. The number of H-pyrrole nitrogens is 1. The molecule has 4 nitrogen and oxygen atoms in total. The van der Waals surface area contributed by atoms with E-state index in [-0.39, 0.29) is 5.69 Å². The van der Waals surface area contributed by atoms with Gasteiger partial charge in [-0.05, 0) is 38.3 Å². The predicted octanol–water partition coefficient (Wildman–Crippen LogP) is 1.07. The van der Waals surface area contributed by atoms with Crippen molar-refractivity contribution in [3.8, 4) is 0 Å². The fourth-order valence-corrected chi connectivity index (χ4v) is 2.22. The molecule has 1 aromatic heterocycles. The van der Waals surface area contributed by atoms with Crippen LogP contribution in [0.2, 0.25) is 0 Å². The molecule has 2 heterocycles. The molecule has 4 heteroatoms. The van der Waals surface area contributed by atoms with Gasteiger partial charge in [-0.1, -0.05) is 0 Å². The molecule has 2 fully saturated rings. The molecular weight excluding hydrogens is 190 g/mol. The summed E-state index contributed by atoms with van der Waals surface area (Å²) in [5, 5.41) is 3.39. The topological polar surface area (TPSA) is 57.8 Å². The van der Waals surface area contributed by atoms with Crippen LogP contribution in [0.1, 0.15) is 49.0 Å². The van der Waals surface area contributed by atoms with E-state index >= 15 is 0 Å². The zero-order valence-electron chi connectivity index (χ0n) is 8.62. The lowest BCUT2D eigenvalue weighted by molar-refractivity contribution is 0.619. The fraction of sp³-hybridized carbons (Fsp3) is 0.636. The molecule has 1 saturated carbocycles. The van der Waals surface area contributed by atoms with Gasteiger partial charge in [0.25, 0.3) is 0 Å². The van der Waals surface area contributed by atoms with E-state index in [0.29, 0.717) is 12.0 Å². The van der Waals surface area contributed by atoms with E-state index in [0.717, 1.165) is 24.4 Å². The summed E-state index contributed by atoms with van der Waals surface area (Å²) in [6, 6.07) is 2.40. The first kappa shape index (κ1) is 9.09. The highest BCUT2D eigenvalue weighted by molar-refractivity contribution is 5.19. The van der Waals surface area contributed by atoms with Crippen molar-refractivity contribution in [2.45, 2.75) is 37.6 Å². The van der Waals surface area contributed by atoms with Crippen LogP contribution in [0.4, 0.5) is 0 Å². The Hall–Kier alpha value is -1.16. The molecular formula is C11H15N3O. The lowest BCUT2D eigenvalue weighted by atomic mass is 10.1. The zero-order chi connectivity index (χ0) is 10.3. The highest BCUT2D eigenvalue weighted by Gasteiger charge is 2.27. The van der Waals surface area contributed by atoms with E-state index in [1.165, 1.54) is 19.3 Å². The van der Waals surface area contributed by atoms with Crippen LogP contribution >= 0.6 is 0 Å². The zero-order valence-corrected chi connectivity index (χ0v) is 8.62. The molecule has 1 unspecified atom stereocenters. The Morgan fingerprint density at radius 1 is 1.33 bits per heavy atom. The molecule has 2 N–H and O–H groups in total. The molecule has 15 heavy (non-hydrogen) atoms. The van der Waals surface area contributed by atoms with E-state index in [2.05, 4.69) is 21.4 Å². The maximum absolute atomic E-state index is 11.4. The minimum atomic E-state index is -0.192. The van der Waals surface area contributed by atoms with Crippen LogP contribution in [-0.2, 0) is 0 Å². The maximum Gasteiger partial charge on any atom is 0.345 e. The summed E-state index contributed by atoms with van der Waals surface area (Å²) in [6.07, 6.45) is 4.68. The minimum Gasteiger partial charge on any atom is -0.309 e. The van der Waals surface area contributed by atoms with Crippen molar-refractivity contribution in [1.29, 1.82) is 0 Å². The maximum atomic E-state index is 11.4. The highest BCUT2D eigenvalue weighted by atomic mass is 16.1. The molecule has 0 aromatic carbocycles. The average molecular weight is 205 g/mol. The number of hydrogen-bond acceptors (Lipinski definition) is 3. The second-order valence-corrected chi connectivity index (χ2v) is 4.49. The third-order valence-corrected chi connectivity index (χ3v) is 3.22. The van der Waals surface area contributed by atoms with Crippen LogP contribution in [0, 0.1) is 0 Å². The molecule has 1 aromatic rings. The van der Waals surface area contributed by atoms with E-state index in [9.17, 15) is 4.79 Å². The van der Waals surface area contributed by atoms with E-state index in [1.807, 2.05) is 0 Å². The Morgan fingerprint density at radius 3 is 2.87 bits per heavy atom. The Kier molecular flexibility index (Phi) is 2.09. The quantitative estimate of drug-likeness (QED) is 0.759. The molecule has 1 saturated heterocycles. The standard InChI is InChI=1S/C11H15N3O/c15-11-13-9(7-3-4-7)6-10(14-11)8-2-1-5-12-8/h6-8,12H,1-5H2,(H,13,14,15). The van der Waals surface area contributed by atoms with Crippen molar-refractivity contribution >= 4 is 0 Å². The van der Waals surface area contributed by atoms with Gasteiger partial charge < -0.3 is 10.3 Å². The van der Waals surface area contributed by atoms with Gasteiger partial charge in [0.2, 0.25) is 0 Å². The van der Waals surface area contributed by atoms with Crippen molar-refractivity contribution in [3.63, 3.8) is 0 Å². The molecule has 3 rings (SSSR count). The Bertz CT molecular complexity index is 416. The molecule has 80 valence electrons. The number of aromatic amines is 1. The normalized spacial score (nSPS) is 25.7. The van der Waals surface area contributed by atoms with Crippen molar-refractivity contribution < 1.29 is 0 Å². The van der Waals surface area contributed by atoms with Crippen molar-refractivity contribution in [2.75, 3.05) is 6.54 Å². The van der Waals surface area contributed by atoms with Crippen LogP contribution in [0.15, 0.2) is 10.9 Å². The van der Waals surface area contributed by atoms with Crippen LogP contribution in [0.25, 0.3) is 0 Å². The number of nitrogens with zero attached hydrogens (tertiary/aromatic N) is 1. The largest absolute Gasteiger partial charge is 0.345 e. The lowest BCUT2D eigenvalue weighted by Crippen LogP contribution is -2.21. The average Bonchev–Trinajstić information content (AvgIpc) is 2.93. The number of nitrogens with one attached hydrogen (secondary N) is 2. The summed E-state index contributed by atoms with van der Waals surface area (Å²) in [6.45, 7) is 1.05. The SMILES string of the molecule is O=c1nc(C2CC2)cc(C2CCCN2)[nH]1. The third kappa shape index (κ3) is 1.81. The van der Waals surface area contributed by atoms with Gasteiger partial charge in [0, 0.05) is 17.7 Å². The van der Waals surface area contributed by atoms with Gasteiger partial charge >= 0.3 is 5.69 Å². The Balaban J connectivity index is 1.95. The smallest absolute Gasteiger partial charge is 0.309 e. The number of rotatable bonds is 2. The third-order valence-electron chi connectivity index (χ3n) is 3.22. The van der Waals surface area contributed by atoms with Gasteiger partial charge in [-0.25, -0.2) is 4.79 Å². The molecule has 0 amide bonds. The van der Waals surface area contributed by atoms with Gasteiger partial charge in [-0.2, -0.15) is 4.98 Å². The molecule has 0 bridgehead atoms. The van der Waals surface area contributed by atoms with E-state index in [4.69, 9.17) is 0 Å². The lowest BCUT2D eigenvalue weighted by Gasteiger charge is -2.10. The van der Waals surface area contributed by atoms with Gasteiger partial charge in [0.05, 0.1) is 5.69 Å². The van der Waals surface area contributed by atoms with E-state index in [1.54, 1.807) is 0 Å². The number of aromatic nitrogens is 2. The van der Waals surface area contributed by atoms with Crippen LogP contribution in [-0.4, -0.2) is 16.5 Å². The highest BCUT2D eigenvalue weighted by Crippen LogP contribution is 2.39. The first-order chi connectivity index (χ1) is 7.33. The molecule has 2 aliphatic rings. The van der Waals surface area contributed by atoms with Crippen molar-refractivity contribution in [2.24, 2.45) is 0 Å².